The fraction of sp³-hybridized carbons (Fsp3) is 0.400. The summed E-state index contributed by atoms with van der Waals surface area (Å²) in [5.41, 5.74) is 1.16. The number of aliphatic hydroxyl groups is 1. The monoisotopic (exact) mass is 520 g/mol. The molecule has 1 N–H and O–H groups in total. The lowest BCUT2D eigenvalue weighted by atomic mass is 9.95. The number of Topliss-reactive ketones (excluding diaryl/α,β-unsaturated/α-hetero) is 1. The van der Waals surface area contributed by atoms with Crippen LogP contribution < -0.4 is 9.47 Å². The van der Waals surface area contributed by atoms with Crippen LogP contribution in [0.2, 0.25) is 0 Å². The van der Waals surface area contributed by atoms with Gasteiger partial charge < -0.3 is 28.8 Å². The fourth-order valence-corrected chi connectivity index (χ4v) is 4.88. The van der Waals surface area contributed by atoms with E-state index < -0.39 is 23.5 Å². The third-order valence-electron chi connectivity index (χ3n) is 6.94. The summed E-state index contributed by atoms with van der Waals surface area (Å²) in [6.45, 7) is 9.85. The van der Waals surface area contributed by atoms with Crippen molar-refractivity contribution in [1.29, 1.82) is 0 Å². The molecule has 0 bridgehead atoms. The molecule has 202 valence electrons. The van der Waals surface area contributed by atoms with Gasteiger partial charge in [0, 0.05) is 11.9 Å². The number of rotatable bonds is 13. The van der Waals surface area contributed by atoms with Gasteiger partial charge in [-0.1, -0.05) is 45.0 Å². The second-order valence-corrected chi connectivity index (χ2v) is 9.28. The van der Waals surface area contributed by atoms with Crippen LogP contribution in [0.15, 0.2) is 64.3 Å². The molecule has 0 aliphatic carbocycles. The van der Waals surface area contributed by atoms with Gasteiger partial charge in [-0.2, -0.15) is 0 Å². The van der Waals surface area contributed by atoms with Gasteiger partial charge in [-0.15, -0.1) is 0 Å². The van der Waals surface area contributed by atoms with Crippen molar-refractivity contribution in [3.05, 3.63) is 71.2 Å². The van der Waals surface area contributed by atoms with E-state index in [2.05, 4.69) is 18.7 Å². The van der Waals surface area contributed by atoms with Crippen LogP contribution in [0.25, 0.3) is 11.0 Å². The molecule has 1 atom stereocenters. The van der Waals surface area contributed by atoms with Crippen LogP contribution in [0, 0.1) is 0 Å². The predicted octanol–water partition coefficient (Wildman–Crippen LogP) is 5.54. The SMILES string of the molecule is CCCOc1ccc(C2C(C(=O)c3cc4cccc(OC)c4o3)=C(O)C(=O)N2CCCN(CC)CC)cc1. The van der Waals surface area contributed by atoms with Gasteiger partial charge in [0.1, 0.15) is 5.75 Å². The topological polar surface area (TPSA) is 92.4 Å². The Bertz CT molecular complexity index is 1310. The first-order valence-corrected chi connectivity index (χ1v) is 13.2. The minimum Gasteiger partial charge on any atom is -0.503 e. The Kier molecular flexibility index (Phi) is 8.73. The lowest BCUT2D eigenvalue weighted by molar-refractivity contribution is -0.129. The molecule has 1 aliphatic rings. The molecule has 4 rings (SSSR count). The number of carbonyl (C=O) groups is 2. The van der Waals surface area contributed by atoms with Crippen molar-refractivity contribution in [2.45, 2.75) is 39.7 Å². The number of hydrogen-bond acceptors (Lipinski definition) is 7. The third-order valence-corrected chi connectivity index (χ3v) is 6.94. The maximum atomic E-state index is 13.8. The van der Waals surface area contributed by atoms with E-state index >= 15 is 0 Å². The Hall–Kier alpha value is -3.78. The van der Waals surface area contributed by atoms with Crippen molar-refractivity contribution < 1.29 is 28.6 Å². The van der Waals surface area contributed by atoms with Gasteiger partial charge >= 0.3 is 0 Å². The number of para-hydroxylation sites is 1. The molecule has 1 aromatic heterocycles. The van der Waals surface area contributed by atoms with Crippen molar-refractivity contribution in [2.24, 2.45) is 0 Å². The number of furan rings is 1. The highest BCUT2D eigenvalue weighted by Gasteiger charge is 2.44. The highest BCUT2D eigenvalue weighted by Crippen LogP contribution is 2.40. The van der Waals surface area contributed by atoms with E-state index in [-0.39, 0.29) is 11.3 Å². The number of carbonyl (C=O) groups excluding carboxylic acids is 2. The molecule has 0 radical (unpaired) electrons. The Morgan fingerprint density at radius 2 is 1.84 bits per heavy atom. The number of methoxy groups -OCH3 is 1. The van der Waals surface area contributed by atoms with Gasteiger partial charge in [0.2, 0.25) is 5.78 Å². The van der Waals surface area contributed by atoms with E-state index in [0.717, 1.165) is 26.1 Å². The lowest BCUT2D eigenvalue weighted by Gasteiger charge is -2.28. The first-order valence-electron chi connectivity index (χ1n) is 13.2. The molecular weight excluding hydrogens is 484 g/mol. The number of ether oxygens (including phenoxy) is 2. The molecule has 1 amide bonds. The van der Waals surface area contributed by atoms with E-state index in [4.69, 9.17) is 13.9 Å². The van der Waals surface area contributed by atoms with Crippen molar-refractivity contribution in [3.63, 3.8) is 0 Å². The molecule has 1 aliphatic heterocycles. The minimum absolute atomic E-state index is 0.0121. The van der Waals surface area contributed by atoms with E-state index in [1.54, 1.807) is 17.0 Å². The summed E-state index contributed by atoms with van der Waals surface area (Å²) in [5, 5.41) is 11.7. The van der Waals surface area contributed by atoms with E-state index in [9.17, 15) is 14.7 Å². The highest BCUT2D eigenvalue weighted by molar-refractivity contribution is 6.16. The second-order valence-electron chi connectivity index (χ2n) is 9.28. The van der Waals surface area contributed by atoms with Gasteiger partial charge in [0.15, 0.2) is 22.9 Å². The quantitative estimate of drug-likeness (QED) is 0.296. The summed E-state index contributed by atoms with van der Waals surface area (Å²) in [5.74, 6) is -0.383. The molecule has 8 nitrogen and oxygen atoms in total. The van der Waals surface area contributed by atoms with Crippen LogP contribution in [0.5, 0.6) is 11.5 Å². The minimum atomic E-state index is -0.748. The molecule has 0 spiro atoms. The first-order chi connectivity index (χ1) is 18.4. The fourth-order valence-electron chi connectivity index (χ4n) is 4.88. The number of aliphatic hydroxyl groups excluding tert-OH is 1. The molecule has 2 aromatic carbocycles. The summed E-state index contributed by atoms with van der Waals surface area (Å²) >= 11 is 0. The average molecular weight is 521 g/mol. The normalized spacial score (nSPS) is 15.7. The third kappa shape index (κ3) is 5.41. The van der Waals surface area contributed by atoms with Gasteiger partial charge in [0.05, 0.1) is 25.3 Å². The molecule has 8 heteroatoms. The molecule has 0 fully saturated rings. The Morgan fingerprint density at radius 3 is 2.50 bits per heavy atom. The molecule has 0 saturated carbocycles. The zero-order valence-corrected chi connectivity index (χ0v) is 22.5. The second kappa shape index (κ2) is 12.2. The smallest absolute Gasteiger partial charge is 0.290 e. The Morgan fingerprint density at radius 1 is 1.11 bits per heavy atom. The van der Waals surface area contributed by atoms with Crippen LogP contribution in [0.1, 0.15) is 55.8 Å². The number of hydrogen-bond donors (Lipinski definition) is 1. The standard InChI is InChI=1S/C30H36N2O6/c1-5-18-37-22-14-12-20(13-15-22)26-25(28(34)30(35)32(26)17-9-16-31(6-2)7-3)27(33)24-19-21-10-8-11-23(36-4)29(21)38-24/h8,10-15,19,26,34H,5-7,9,16-18H2,1-4H3. The molecule has 38 heavy (non-hydrogen) atoms. The van der Waals surface area contributed by atoms with Gasteiger partial charge in [-0.25, -0.2) is 0 Å². The highest BCUT2D eigenvalue weighted by atomic mass is 16.5. The van der Waals surface area contributed by atoms with Gasteiger partial charge in [-0.3, -0.25) is 9.59 Å². The summed E-state index contributed by atoms with van der Waals surface area (Å²) in [4.78, 5) is 31.0. The molecule has 0 saturated heterocycles. The van der Waals surface area contributed by atoms with Crippen molar-refractivity contribution in [2.75, 3.05) is 39.9 Å². The van der Waals surface area contributed by atoms with Crippen molar-refractivity contribution in [1.82, 2.24) is 9.80 Å². The van der Waals surface area contributed by atoms with Crippen LogP contribution in [0.3, 0.4) is 0 Å². The van der Waals surface area contributed by atoms with Crippen LogP contribution in [-0.4, -0.2) is 66.5 Å². The number of ketones is 1. The van der Waals surface area contributed by atoms with E-state index in [1.165, 1.54) is 7.11 Å². The maximum Gasteiger partial charge on any atom is 0.290 e. The number of fused-ring (bicyclic) bond motifs is 1. The number of benzene rings is 2. The largest absolute Gasteiger partial charge is 0.503 e. The summed E-state index contributed by atoms with van der Waals surface area (Å²) < 4.78 is 17.0. The van der Waals surface area contributed by atoms with E-state index in [1.807, 2.05) is 43.3 Å². The van der Waals surface area contributed by atoms with Crippen molar-refractivity contribution in [3.8, 4) is 11.5 Å². The van der Waals surface area contributed by atoms with E-state index in [0.29, 0.717) is 47.6 Å². The van der Waals surface area contributed by atoms with Gasteiger partial charge in [-0.05, 0) is 62.3 Å². The number of amides is 1. The average Bonchev–Trinajstić information content (AvgIpc) is 3.49. The molecular formula is C30H36N2O6. The first kappa shape index (κ1) is 27.3. The van der Waals surface area contributed by atoms with Crippen LogP contribution in [0.4, 0.5) is 0 Å². The van der Waals surface area contributed by atoms with Gasteiger partial charge in [0.25, 0.3) is 5.91 Å². The predicted molar refractivity (Wildman–Crippen MR) is 146 cm³/mol. The lowest BCUT2D eigenvalue weighted by Crippen LogP contribution is -2.34. The summed E-state index contributed by atoms with van der Waals surface area (Å²) in [7, 11) is 1.53. The van der Waals surface area contributed by atoms with Crippen LogP contribution >= 0.6 is 0 Å². The molecule has 3 aromatic rings. The zero-order chi connectivity index (χ0) is 27.2. The Balaban J connectivity index is 1.70. The maximum absolute atomic E-state index is 13.8. The van der Waals surface area contributed by atoms with Crippen molar-refractivity contribution >= 4 is 22.7 Å². The summed E-state index contributed by atoms with van der Waals surface area (Å²) in [6, 6.07) is 13.6. The molecule has 2 heterocycles. The Labute approximate surface area is 223 Å². The zero-order valence-electron chi connectivity index (χ0n) is 22.5. The van der Waals surface area contributed by atoms with Crippen LogP contribution in [-0.2, 0) is 4.79 Å². The molecule has 1 unspecified atom stereocenters. The number of nitrogens with zero attached hydrogens (tertiary/aromatic N) is 2. The summed E-state index contributed by atoms with van der Waals surface area (Å²) in [6.07, 6.45) is 1.59.